The standard InChI is InChI=1S/C19H28ClN3O4.ClH/c1-13-9-16(17(27-3)10-15(13)20)21-18(24)11-23-7-4-5-14(6-8-23)22(2)12-19(25)26;/h9-10,14H,4-8,11-12H2,1-3H3,(H,21,24)(H,25,26);1H. The number of likely N-dealkylation sites (N-methyl/N-ethyl adjacent to an activating group) is 1. The third-order valence-corrected chi connectivity index (χ3v) is 5.33. The Morgan fingerprint density at radius 2 is 2.07 bits per heavy atom. The number of hydrogen-bond acceptors (Lipinski definition) is 5. The predicted molar refractivity (Wildman–Crippen MR) is 113 cm³/mol. The number of methoxy groups -OCH3 is 1. The molecular weight excluding hydrogens is 405 g/mol. The maximum absolute atomic E-state index is 12.5. The summed E-state index contributed by atoms with van der Waals surface area (Å²) in [7, 11) is 3.38. The van der Waals surface area contributed by atoms with Crippen LogP contribution in [0.1, 0.15) is 24.8 Å². The summed E-state index contributed by atoms with van der Waals surface area (Å²) in [6.07, 6.45) is 2.72. The van der Waals surface area contributed by atoms with Gasteiger partial charge in [-0.05, 0) is 51.4 Å². The third-order valence-electron chi connectivity index (χ3n) is 4.92. The molecule has 1 unspecified atom stereocenters. The number of halogens is 2. The SMILES string of the molecule is COc1cc(Cl)c(C)cc1NC(=O)CN1CCCC(N(C)CC(=O)O)CC1.Cl. The first-order chi connectivity index (χ1) is 12.8. The van der Waals surface area contributed by atoms with Gasteiger partial charge in [0.1, 0.15) is 5.75 Å². The first-order valence-corrected chi connectivity index (χ1v) is 9.46. The molecule has 158 valence electrons. The van der Waals surface area contributed by atoms with Crippen molar-refractivity contribution in [2.75, 3.05) is 45.7 Å². The van der Waals surface area contributed by atoms with Crippen molar-refractivity contribution in [3.63, 3.8) is 0 Å². The number of hydrogen-bond donors (Lipinski definition) is 2. The van der Waals surface area contributed by atoms with E-state index in [9.17, 15) is 9.59 Å². The van der Waals surface area contributed by atoms with Gasteiger partial charge in [0.25, 0.3) is 0 Å². The number of amides is 1. The Hall–Kier alpha value is -1.54. The zero-order valence-corrected chi connectivity index (χ0v) is 18.1. The Morgan fingerprint density at radius 1 is 1.36 bits per heavy atom. The Bertz CT molecular complexity index is 687. The average Bonchev–Trinajstić information content (AvgIpc) is 2.83. The summed E-state index contributed by atoms with van der Waals surface area (Å²) >= 11 is 6.10. The summed E-state index contributed by atoms with van der Waals surface area (Å²) in [4.78, 5) is 27.4. The molecule has 0 radical (unpaired) electrons. The molecule has 1 aliphatic heterocycles. The van der Waals surface area contributed by atoms with E-state index >= 15 is 0 Å². The highest BCUT2D eigenvalue weighted by atomic mass is 35.5. The number of rotatable bonds is 7. The highest BCUT2D eigenvalue weighted by Gasteiger charge is 2.23. The van der Waals surface area contributed by atoms with E-state index < -0.39 is 5.97 Å². The van der Waals surface area contributed by atoms with Gasteiger partial charge >= 0.3 is 5.97 Å². The minimum atomic E-state index is -0.815. The molecule has 7 nitrogen and oxygen atoms in total. The molecule has 28 heavy (non-hydrogen) atoms. The summed E-state index contributed by atoms with van der Waals surface area (Å²) in [6.45, 7) is 3.79. The molecular formula is C19H29Cl2N3O4. The van der Waals surface area contributed by atoms with E-state index in [1.807, 2.05) is 18.9 Å². The number of carbonyl (C=O) groups excluding carboxylic acids is 1. The first kappa shape index (κ1) is 24.5. The maximum Gasteiger partial charge on any atom is 0.317 e. The van der Waals surface area contributed by atoms with Crippen molar-refractivity contribution in [1.82, 2.24) is 9.80 Å². The van der Waals surface area contributed by atoms with Crippen molar-refractivity contribution in [3.8, 4) is 5.75 Å². The molecule has 2 N–H and O–H groups in total. The lowest BCUT2D eigenvalue weighted by Crippen LogP contribution is -2.37. The predicted octanol–water partition coefficient (Wildman–Crippen LogP) is 2.89. The van der Waals surface area contributed by atoms with Gasteiger partial charge in [-0.1, -0.05) is 11.6 Å². The van der Waals surface area contributed by atoms with Crippen LogP contribution in [0.15, 0.2) is 12.1 Å². The molecule has 1 aromatic rings. The van der Waals surface area contributed by atoms with Crippen LogP contribution in [0, 0.1) is 6.92 Å². The lowest BCUT2D eigenvalue weighted by Gasteiger charge is -2.25. The number of carbonyl (C=O) groups is 2. The summed E-state index contributed by atoms with van der Waals surface area (Å²) in [6, 6.07) is 3.73. The number of aliphatic carboxylic acids is 1. The van der Waals surface area contributed by atoms with Crippen LogP contribution in [0.5, 0.6) is 5.75 Å². The molecule has 1 heterocycles. The van der Waals surface area contributed by atoms with Gasteiger partial charge in [0, 0.05) is 23.7 Å². The monoisotopic (exact) mass is 433 g/mol. The van der Waals surface area contributed by atoms with Crippen molar-refractivity contribution in [1.29, 1.82) is 0 Å². The second-order valence-corrected chi connectivity index (χ2v) is 7.43. The normalized spacial score (nSPS) is 17.5. The molecule has 0 spiro atoms. The number of anilines is 1. The van der Waals surface area contributed by atoms with E-state index in [2.05, 4.69) is 10.2 Å². The van der Waals surface area contributed by atoms with E-state index in [4.69, 9.17) is 21.4 Å². The van der Waals surface area contributed by atoms with Crippen LogP contribution in [0.25, 0.3) is 0 Å². The topological polar surface area (TPSA) is 82.1 Å². The van der Waals surface area contributed by atoms with Crippen LogP contribution in [-0.2, 0) is 9.59 Å². The number of nitrogens with one attached hydrogen (secondary N) is 1. The average molecular weight is 434 g/mol. The molecule has 2 rings (SSSR count). The summed E-state index contributed by atoms with van der Waals surface area (Å²) in [5, 5.41) is 12.4. The molecule has 0 aliphatic carbocycles. The van der Waals surface area contributed by atoms with E-state index in [-0.39, 0.29) is 30.9 Å². The lowest BCUT2D eigenvalue weighted by molar-refractivity contribution is -0.138. The fraction of sp³-hybridized carbons (Fsp3) is 0.579. The van der Waals surface area contributed by atoms with Crippen LogP contribution in [0.3, 0.4) is 0 Å². The van der Waals surface area contributed by atoms with Crippen molar-refractivity contribution < 1.29 is 19.4 Å². The Labute approximate surface area is 177 Å². The number of aryl methyl sites for hydroxylation is 1. The van der Waals surface area contributed by atoms with Crippen molar-refractivity contribution in [3.05, 3.63) is 22.7 Å². The molecule has 1 aliphatic rings. The summed E-state index contributed by atoms with van der Waals surface area (Å²) in [5.41, 5.74) is 1.48. The van der Waals surface area contributed by atoms with Gasteiger partial charge in [0.05, 0.1) is 25.9 Å². The Morgan fingerprint density at radius 3 is 2.71 bits per heavy atom. The van der Waals surface area contributed by atoms with Gasteiger partial charge in [-0.15, -0.1) is 12.4 Å². The second kappa shape index (κ2) is 11.5. The van der Waals surface area contributed by atoms with Crippen LogP contribution < -0.4 is 10.1 Å². The molecule has 1 aromatic carbocycles. The molecule has 1 fully saturated rings. The van der Waals surface area contributed by atoms with Gasteiger partial charge in [-0.25, -0.2) is 0 Å². The molecule has 0 saturated carbocycles. The summed E-state index contributed by atoms with van der Waals surface area (Å²) < 4.78 is 5.30. The Kier molecular flexibility index (Phi) is 10.0. The maximum atomic E-state index is 12.5. The number of ether oxygens (including phenoxy) is 1. The van der Waals surface area contributed by atoms with Gasteiger partial charge in [0.2, 0.25) is 5.91 Å². The molecule has 0 aromatic heterocycles. The van der Waals surface area contributed by atoms with E-state index in [1.165, 1.54) is 0 Å². The molecule has 9 heteroatoms. The number of nitrogens with zero attached hydrogens (tertiary/aromatic N) is 2. The number of carboxylic acids is 1. The van der Waals surface area contributed by atoms with Gasteiger partial charge < -0.3 is 15.2 Å². The fourth-order valence-electron chi connectivity index (χ4n) is 3.40. The highest BCUT2D eigenvalue weighted by Crippen LogP contribution is 2.31. The third kappa shape index (κ3) is 7.13. The van der Waals surface area contributed by atoms with Crippen molar-refractivity contribution in [2.45, 2.75) is 32.2 Å². The second-order valence-electron chi connectivity index (χ2n) is 7.02. The van der Waals surface area contributed by atoms with Gasteiger partial charge in [0.15, 0.2) is 0 Å². The Balaban J connectivity index is 0.00000392. The first-order valence-electron chi connectivity index (χ1n) is 9.08. The number of benzene rings is 1. The fourth-order valence-corrected chi connectivity index (χ4v) is 3.56. The zero-order valence-electron chi connectivity index (χ0n) is 16.5. The zero-order chi connectivity index (χ0) is 20.0. The van der Waals surface area contributed by atoms with Gasteiger partial charge in [-0.2, -0.15) is 0 Å². The van der Waals surface area contributed by atoms with E-state index in [1.54, 1.807) is 19.2 Å². The minimum Gasteiger partial charge on any atom is -0.495 e. The summed E-state index contributed by atoms with van der Waals surface area (Å²) in [5.74, 6) is -0.386. The molecule has 1 atom stereocenters. The van der Waals surface area contributed by atoms with Crippen LogP contribution in [0.4, 0.5) is 5.69 Å². The van der Waals surface area contributed by atoms with Crippen molar-refractivity contribution in [2.24, 2.45) is 0 Å². The largest absolute Gasteiger partial charge is 0.495 e. The van der Waals surface area contributed by atoms with E-state index in [0.29, 0.717) is 23.0 Å². The van der Waals surface area contributed by atoms with Crippen molar-refractivity contribution >= 4 is 41.6 Å². The van der Waals surface area contributed by atoms with Gasteiger partial charge in [-0.3, -0.25) is 19.4 Å². The molecule has 0 bridgehead atoms. The van der Waals surface area contributed by atoms with Crippen LogP contribution in [0.2, 0.25) is 5.02 Å². The number of likely N-dealkylation sites (tertiary alicyclic amines) is 1. The number of carboxylic acid groups (broad SMARTS) is 1. The lowest BCUT2D eigenvalue weighted by atomic mass is 10.1. The smallest absolute Gasteiger partial charge is 0.317 e. The highest BCUT2D eigenvalue weighted by molar-refractivity contribution is 6.31. The molecule has 1 saturated heterocycles. The minimum absolute atomic E-state index is 0. The van der Waals surface area contributed by atoms with Crippen LogP contribution in [-0.4, -0.2) is 73.2 Å². The van der Waals surface area contributed by atoms with E-state index in [0.717, 1.165) is 37.9 Å². The molecule has 1 amide bonds. The van der Waals surface area contributed by atoms with Crippen LogP contribution >= 0.6 is 24.0 Å². The quantitative estimate of drug-likeness (QED) is 0.687.